The highest BCUT2D eigenvalue weighted by Crippen LogP contribution is 2.27. The number of rotatable bonds is 6. The van der Waals surface area contributed by atoms with Crippen LogP contribution in [0.4, 0.5) is 0 Å². The first-order chi connectivity index (χ1) is 6.93. The molecule has 15 heavy (non-hydrogen) atoms. The lowest BCUT2D eigenvalue weighted by Gasteiger charge is -2.30. The summed E-state index contributed by atoms with van der Waals surface area (Å²) < 4.78 is 0. The van der Waals surface area contributed by atoms with Crippen LogP contribution in [0.5, 0.6) is 0 Å². The Morgan fingerprint density at radius 3 is 2.47 bits per heavy atom. The van der Waals surface area contributed by atoms with E-state index < -0.39 is 0 Å². The van der Waals surface area contributed by atoms with Crippen molar-refractivity contribution in [3.63, 3.8) is 0 Å². The second-order valence-corrected chi connectivity index (χ2v) is 5.53. The summed E-state index contributed by atoms with van der Waals surface area (Å²) in [6, 6.07) is 0.261. The first-order valence-electron chi connectivity index (χ1n) is 5.75. The second kappa shape index (κ2) is 4.73. The molecule has 0 amide bonds. The van der Waals surface area contributed by atoms with Crippen molar-refractivity contribution in [2.75, 3.05) is 6.54 Å². The van der Waals surface area contributed by atoms with Crippen molar-refractivity contribution in [1.29, 1.82) is 0 Å². The molecule has 2 nitrogen and oxygen atoms in total. The van der Waals surface area contributed by atoms with Gasteiger partial charge in [0, 0.05) is 6.54 Å². The Morgan fingerprint density at radius 2 is 2.07 bits per heavy atom. The van der Waals surface area contributed by atoms with Crippen molar-refractivity contribution in [3.8, 4) is 0 Å². The molecular weight excluding hydrogens is 184 g/mol. The molecule has 1 rings (SSSR count). The van der Waals surface area contributed by atoms with Gasteiger partial charge in [-0.25, -0.2) is 0 Å². The molecule has 1 unspecified atom stereocenters. The summed E-state index contributed by atoms with van der Waals surface area (Å²) in [6.07, 6.45) is 4.68. The van der Waals surface area contributed by atoms with Crippen LogP contribution in [0.25, 0.3) is 0 Å². The summed E-state index contributed by atoms with van der Waals surface area (Å²) in [4.78, 5) is 0. The van der Waals surface area contributed by atoms with Gasteiger partial charge in [-0.2, -0.15) is 0 Å². The van der Waals surface area contributed by atoms with Gasteiger partial charge in [-0.1, -0.05) is 33.4 Å². The Labute approximate surface area is 93.8 Å². The van der Waals surface area contributed by atoms with E-state index >= 15 is 0 Å². The SMILES string of the molecule is C=CC(NC(=C)NCC1CC1)C(C)(C)C. The molecule has 0 aromatic heterocycles. The van der Waals surface area contributed by atoms with Gasteiger partial charge in [0.2, 0.25) is 0 Å². The van der Waals surface area contributed by atoms with Crippen LogP contribution in [0, 0.1) is 11.3 Å². The summed E-state index contributed by atoms with van der Waals surface area (Å²) in [5.41, 5.74) is 0.173. The predicted octanol–water partition coefficient (Wildman–Crippen LogP) is 2.65. The third kappa shape index (κ3) is 4.41. The van der Waals surface area contributed by atoms with E-state index in [0.29, 0.717) is 0 Å². The Bertz CT molecular complexity index is 233. The predicted molar refractivity (Wildman–Crippen MR) is 66.4 cm³/mol. The monoisotopic (exact) mass is 208 g/mol. The molecule has 0 aromatic carbocycles. The lowest BCUT2D eigenvalue weighted by Crippen LogP contribution is -2.41. The minimum absolute atomic E-state index is 0.173. The average Bonchev–Trinajstić information content (AvgIpc) is 2.92. The summed E-state index contributed by atoms with van der Waals surface area (Å²) in [5, 5.41) is 6.69. The third-order valence-corrected chi connectivity index (χ3v) is 2.80. The molecular formula is C13H24N2. The van der Waals surface area contributed by atoms with Crippen molar-refractivity contribution in [1.82, 2.24) is 10.6 Å². The minimum atomic E-state index is 0.173. The zero-order valence-electron chi connectivity index (χ0n) is 10.3. The molecule has 2 N–H and O–H groups in total. The van der Waals surface area contributed by atoms with Crippen LogP contribution in [0.2, 0.25) is 0 Å². The number of nitrogens with one attached hydrogen (secondary N) is 2. The highest BCUT2D eigenvalue weighted by molar-refractivity contribution is 5.02. The van der Waals surface area contributed by atoms with E-state index in [4.69, 9.17) is 0 Å². The van der Waals surface area contributed by atoms with Gasteiger partial charge in [0.1, 0.15) is 0 Å². The fourth-order valence-corrected chi connectivity index (χ4v) is 1.46. The average molecular weight is 208 g/mol. The summed E-state index contributed by atoms with van der Waals surface area (Å²) in [5.74, 6) is 1.79. The summed E-state index contributed by atoms with van der Waals surface area (Å²) in [7, 11) is 0. The van der Waals surface area contributed by atoms with Gasteiger partial charge in [0.05, 0.1) is 11.9 Å². The minimum Gasteiger partial charge on any atom is -0.372 e. The molecule has 0 aliphatic heterocycles. The van der Waals surface area contributed by atoms with E-state index in [1.165, 1.54) is 12.8 Å². The van der Waals surface area contributed by atoms with Crippen molar-refractivity contribution >= 4 is 0 Å². The summed E-state index contributed by atoms with van der Waals surface area (Å²) >= 11 is 0. The lowest BCUT2D eigenvalue weighted by molar-refractivity contribution is 0.325. The third-order valence-electron chi connectivity index (χ3n) is 2.80. The second-order valence-electron chi connectivity index (χ2n) is 5.53. The topological polar surface area (TPSA) is 24.1 Å². The quantitative estimate of drug-likeness (QED) is 0.656. The number of hydrogen-bond donors (Lipinski definition) is 2. The zero-order valence-corrected chi connectivity index (χ0v) is 10.3. The highest BCUT2D eigenvalue weighted by Gasteiger charge is 2.23. The van der Waals surface area contributed by atoms with Gasteiger partial charge in [-0.05, 0) is 24.2 Å². The van der Waals surface area contributed by atoms with Crippen LogP contribution < -0.4 is 10.6 Å². The van der Waals surface area contributed by atoms with Gasteiger partial charge in [-0.15, -0.1) is 6.58 Å². The fraction of sp³-hybridized carbons (Fsp3) is 0.692. The zero-order chi connectivity index (χ0) is 11.5. The van der Waals surface area contributed by atoms with Crippen molar-refractivity contribution in [2.45, 2.75) is 39.7 Å². The highest BCUT2D eigenvalue weighted by atomic mass is 15.1. The van der Waals surface area contributed by atoms with E-state index in [0.717, 1.165) is 18.3 Å². The molecule has 0 radical (unpaired) electrons. The normalized spacial score (nSPS) is 18.1. The van der Waals surface area contributed by atoms with E-state index in [9.17, 15) is 0 Å². The molecule has 1 aliphatic rings. The van der Waals surface area contributed by atoms with Gasteiger partial charge >= 0.3 is 0 Å². The van der Waals surface area contributed by atoms with E-state index in [1.807, 2.05) is 6.08 Å². The van der Waals surface area contributed by atoms with Gasteiger partial charge < -0.3 is 10.6 Å². The molecule has 0 spiro atoms. The largest absolute Gasteiger partial charge is 0.372 e. The maximum Gasteiger partial charge on any atom is 0.0917 e. The van der Waals surface area contributed by atoms with Crippen molar-refractivity contribution in [3.05, 3.63) is 25.1 Å². The molecule has 1 aliphatic carbocycles. The van der Waals surface area contributed by atoms with Crippen molar-refractivity contribution < 1.29 is 0 Å². The van der Waals surface area contributed by atoms with E-state index in [-0.39, 0.29) is 11.5 Å². The molecule has 0 heterocycles. The maximum absolute atomic E-state index is 3.99. The van der Waals surface area contributed by atoms with Gasteiger partial charge in [-0.3, -0.25) is 0 Å². The van der Waals surface area contributed by atoms with E-state index in [1.54, 1.807) is 0 Å². The van der Waals surface area contributed by atoms with Crippen molar-refractivity contribution in [2.24, 2.45) is 11.3 Å². The molecule has 1 atom stereocenters. The van der Waals surface area contributed by atoms with Crippen LogP contribution in [-0.2, 0) is 0 Å². The summed E-state index contributed by atoms with van der Waals surface area (Å²) in [6.45, 7) is 15.5. The van der Waals surface area contributed by atoms with Crippen LogP contribution in [0.15, 0.2) is 25.1 Å². The fourth-order valence-electron chi connectivity index (χ4n) is 1.46. The first-order valence-corrected chi connectivity index (χ1v) is 5.75. The van der Waals surface area contributed by atoms with Gasteiger partial charge in [0.25, 0.3) is 0 Å². The Hall–Kier alpha value is -0.920. The molecule has 1 saturated carbocycles. The maximum atomic E-state index is 3.99. The Balaban J connectivity index is 2.29. The molecule has 1 fully saturated rings. The molecule has 2 heteroatoms. The molecule has 86 valence electrons. The standard InChI is InChI=1S/C13H24N2/c1-6-12(13(3,4)5)15-10(2)14-9-11-7-8-11/h6,11-12,14-15H,1-2,7-9H2,3-5H3. The van der Waals surface area contributed by atoms with Crippen LogP contribution in [0.3, 0.4) is 0 Å². The molecule has 0 saturated heterocycles. The molecule has 0 aromatic rings. The van der Waals surface area contributed by atoms with Crippen LogP contribution >= 0.6 is 0 Å². The lowest BCUT2D eigenvalue weighted by atomic mass is 9.87. The Kier molecular flexibility index (Phi) is 3.83. The molecule has 0 bridgehead atoms. The van der Waals surface area contributed by atoms with Crippen LogP contribution in [-0.4, -0.2) is 12.6 Å². The van der Waals surface area contributed by atoms with E-state index in [2.05, 4.69) is 44.6 Å². The number of hydrogen-bond acceptors (Lipinski definition) is 2. The van der Waals surface area contributed by atoms with Gasteiger partial charge in [0.15, 0.2) is 0 Å². The Morgan fingerprint density at radius 1 is 1.47 bits per heavy atom. The van der Waals surface area contributed by atoms with Crippen LogP contribution in [0.1, 0.15) is 33.6 Å². The smallest absolute Gasteiger partial charge is 0.0917 e. The first kappa shape index (κ1) is 12.2.